The Morgan fingerprint density at radius 3 is 2.66 bits per heavy atom. The molecule has 38 heavy (non-hydrogen) atoms. The molecule has 0 bridgehead atoms. The number of fused-ring (bicyclic) bond motifs is 1. The summed E-state index contributed by atoms with van der Waals surface area (Å²) in [4.78, 5) is 26.6. The summed E-state index contributed by atoms with van der Waals surface area (Å²) < 4.78 is 35.0. The van der Waals surface area contributed by atoms with Gasteiger partial charge in [-0.15, -0.1) is 0 Å². The monoisotopic (exact) mass is 519 g/mol. The molecule has 2 aromatic heterocycles. The smallest absolute Gasteiger partial charge is 0.261 e. The summed E-state index contributed by atoms with van der Waals surface area (Å²) in [5.74, 6) is -0.332. The zero-order valence-corrected chi connectivity index (χ0v) is 21.0. The van der Waals surface area contributed by atoms with E-state index in [-0.39, 0.29) is 51.2 Å². The second kappa shape index (κ2) is 10.2. The number of ether oxygens (including phenoxy) is 1. The summed E-state index contributed by atoms with van der Waals surface area (Å²) in [6.45, 7) is 1.82. The minimum Gasteiger partial charge on any atom is -0.494 e. The van der Waals surface area contributed by atoms with Gasteiger partial charge in [0.1, 0.15) is 29.6 Å². The maximum Gasteiger partial charge on any atom is 0.261 e. The first-order valence-electron chi connectivity index (χ1n) is 12.3. The lowest BCUT2D eigenvalue weighted by molar-refractivity contribution is 0.386. The van der Waals surface area contributed by atoms with E-state index >= 15 is 0 Å². The predicted octanol–water partition coefficient (Wildman–Crippen LogP) is 4.76. The van der Waals surface area contributed by atoms with Gasteiger partial charge >= 0.3 is 0 Å². The number of halogens is 2. The van der Waals surface area contributed by atoms with Gasteiger partial charge in [0, 0.05) is 11.6 Å². The van der Waals surface area contributed by atoms with Crippen LogP contribution >= 0.6 is 0 Å². The summed E-state index contributed by atoms with van der Waals surface area (Å²) in [6, 6.07) is 7.53. The number of benzene rings is 2. The van der Waals surface area contributed by atoms with Crippen LogP contribution in [0.2, 0.25) is 0 Å². The van der Waals surface area contributed by atoms with E-state index in [1.165, 1.54) is 43.8 Å². The first-order valence-corrected chi connectivity index (χ1v) is 12.3. The third-order valence-electron chi connectivity index (χ3n) is 6.89. The molecule has 1 aliphatic rings. The van der Waals surface area contributed by atoms with Crippen molar-refractivity contribution < 1.29 is 13.5 Å². The van der Waals surface area contributed by atoms with Crippen LogP contribution in [0.25, 0.3) is 10.9 Å². The van der Waals surface area contributed by atoms with Crippen LogP contribution in [0, 0.1) is 17.0 Å². The molecule has 5 rings (SSSR count). The van der Waals surface area contributed by atoms with Crippen molar-refractivity contribution in [3.05, 3.63) is 81.7 Å². The second-order valence-corrected chi connectivity index (χ2v) is 9.32. The Hall–Kier alpha value is -4.41. The van der Waals surface area contributed by atoms with Gasteiger partial charge in [0.05, 0.1) is 35.3 Å². The maximum absolute atomic E-state index is 14.4. The van der Waals surface area contributed by atoms with E-state index in [4.69, 9.17) is 20.9 Å². The molecule has 11 heteroatoms. The molecule has 9 nitrogen and oxygen atoms in total. The van der Waals surface area contributed by atoms with E-state index in [1.807, 2.05) is 6.92 Å². The average Bonchev–Trinajstić information content (AvgIpc) is 3.43. The van der Waals surface area contributed by atoms with Crippen molar-refractivity contribution in [2.45, 2.75) is 44.7 Å². The molecule has 1 atom stereocenters. The molecule has 196 valence electrons. The quantitative estimate of drug-likeness (QED) is 0.300. The highest BCUT2D eigenvalue weighted by Crippen LogP contribution is 2.32. The molecule has 0 spiro atoms. The standard InChI is InChI=1S/C27H27F2N7O2/c1-14(26-35-20-9-8-16(28)12-18(20)27(37)36(26)17-5-3-4-6-17)34-25-22(24(31)32-13-33-25)23(30)15-7-10-21(38-2)19(29)11-15/h7-14,17,30H,3-6H2,1-2H3,(H3,31,32,33,34). The van der Waals surface area contributed by atoms with Crippen molar-refractivity contribution in [2.24, 2.45) is 0 Å². The van der Waals surface area contributed by atoms with E-state index < -0.39 is 17.7 Å². The fourth-order valence-corrected chi connectivity index (χ4v) is 5.00. The third kappa shape index (κ3) is 4.55. The minimum atomic E-state index is -0.620. The summed E-state index contributed by atoms with van der Waals surface area (Å²) in [5, 5.41) is 12.2. The number of aromatic nitrogens is 4. The highest BCUT2D eigenvalue weighted by Gasteiger charge is 2.27. The van der Waals surface area contributed by atoms with E-state index in [1.54, 1.807) is 10.6 Å². The molecular formula is C27H27F2N7O2. The number of nitrogens with two attached hydrogens (primary N) is 1. The lowest BCUT2D eigenvalue weighted by Crippen LogP contribution is -2.31. The van der Waals surface area contributed by atoms with Gasteiger partial charge in [-0.25, -0.2) is 23.7 Å². The summed E-state index contributed by atoms with van der Waals surface area (Å²) >= 11 is 0. The van der Waals surface area contributed by atoms with Gasteiger partial charge in [0.2, 0.25) is 0 Å². The van der Waals surface area contributed by atoms with Crippen LogP contribution in [0.1, 0.15) is 61.6 Å². The molecule has 2 aromatic carbocycles. The molecule has 0 saturated heterocycles. The van der Waals surface area contributed by atoms with E-state index in [0.717, 1.165) is 25.7 Å². The Morgan fingerprint density at radius 1 is 1.18 bits per heavy atom. The topological polar surface area (TPSA) is 132 Å². The second-order valence-electron chi connectivity index (χ2n) is 9.32. The third-order valence-corrected chi connectivity index (χ3v) is 6.89. The Labute approximate surface area is 217 Å². The van der Waals surface area contributed by atoms with Crippen LogP contribution in [0.3, 0.4) is 0 Å². The molecule has 1 aliphatic carbocycles. The van der Waals surface area contributed by atoms with Gasteiger partial charge < -0.3 is 15.8 Å². The Bertz CT molecular complexity index is 1600. The molecule has 2 heterocycles. The van der Waals surface area contributed by atoms with Crippen molar-refractivity contribution in [3.8, 4) is 5.75 Å². The van der Waals surface area contributed by atoms with Crippen molar-refractivity contribution in [2.75, 3.05) is 18.2 Å². The number of nitrogens with zero attached hydrogens (tertiary/aromatic N) is 4. The number of hydrogen-bond donors (Lipinski definition) is 3. The molecule has 4 aromatic rings. The van der Waals surface area contributed by atoms with Crippen molar-refractivity contribution in [1.29, 1.82) is 5.41 Å². The normalized spacial score (nSPS) is 14.5. The van der Waals surface area contributed by atoms with Gasteiger partial charge in [-0.05, 0) is 56.2 Å². The van der Waals surface area contributed by atoms with Gasteiger partial charge in [-0.3, -0.25) is 14.8 Å². The molecule has 0 radical (unpaired) electrons. The van der Waals surface area contributed by atoms with Crippen LogP contribution in [-0.2, 0) is 0 Å². The van der Waals surface area contributed by atoms with Gasteiger partial charge in [0.15, 0.2) is 11.6 Å². The molecule has 0 amide bonds. The average molecular weight is 520 g/mol. The van der Waals surface area contributed by atoms with Crippen LogP contribution < -0.4 is 21.3 Å². The van der Waals surface area contributed by atoms with E-state index in [0.29, 0.717) is 11.3 Å². The van der Waals surface area contributed by atoms with Crippen molar-refractivity contribution in [3.63, 3.8) is 0 Å². The van der Waals surface area contributed by atoms with Crippen LogP contribution in [-0.4, -0.2) is 32.3 Å². The Morgan fingerprint density at radius 2 is 1.95 bits per heavy atom. The number of rotatable bonds is 7. The number of anilines is 2. The molecule has 1 saturated carbocycles. The zero-order chi connectivity index (χ0) is 27.0. The first-order chi connectivity index (χ1) is 18.3. The highest BCUT2D eigenvalue weighted by molar-refractivity contribution is 6.16. The van der Waals surface area contributed by atoms with Crippen LogP contribution in [0.15, 0.2) is 47.5 Å². The highest BCUT2D eigenvalue weighted by atomic mass is 19.1. The molecule has 1 fully saturated rings. The lowest BCUT2D eigenvalue weighted by Gasteiger charge is -2.24. The number of methoxy groups -OCH3 is 1. The minimum absolute atomic E-state index is 0.0334. The summed E-state index contributed by atoms with van der Waals surface area (Å²) in [6.07, 6.45) is 4.88. The van der Waals surface area contributed by atoms with E-state index in [2.05, 4.69) is 15.3 Å². The molecular weight excluding hydrogens is 492 g/mol. The largest absolute Gasteiger partial charge is 0.494 e. The Balaban J connectivity index is 1.57. The van der Waals surface area contributed by atoms with Gasteiger partial charge in [-0.1, -0.05) is 12.8 Å². The van der Waals surface area contributed by atoms with Crippen molar-refractivity contribution >= 4 is 28.3 Å². The van der Waals surface area contributed by atoms with Crippen LogP contribution in [0.4, 0.5) is 20.4 Å². The van der Waals surface area contributed by atoms with Gasteiger partial charge in [-0.2, -0.15) is 0 Å². The zero-order valence-electron chi connectivity index (χ0n) is 21.0. The summed E-state index contributed by atoms with van der Waals surface area (Å²) in [5.41, 5.74) is 6.60. The molecule has 0 aliphatic heterocycles. The van der Waals surface area contributed by atoms with Crippen molar-refractivity contribution in [1.82, 2.24) is 19.5 Å². The lowest BCUT2D eigenvalue weighted by atomic mass is 10.0. The van der Waals surface area contributed by atoms with Crippen LogP contribution in [0.5, 0.6) is 5.75 Å². The first kappa shape index (κ1) is 25.2. The fraction of sp³-hybridized carbons (Fsp3) is 0.296. The number of nitrogen functional groups attached to an aromatic ring is 1. The SMILES string of the molecule is COc1ccc(C(=N)c2c(N)ncnc2NC(C)c2nc3ccc(F)cc3c(=O)n2C2CCCC2)cc1F. The predicted molar refractivity (Wildman–Crippen MR) is 141 cm³/mol. The maximum atomic E-state index is 14.4. The number of nitrogens with one attached hydrogen (secondary N) is 2. The fourth-order valence-electron chi connectivity index (χ4n) is 5.00. The summed E-state index contributed by atoms with van der Waals surface area (Å²) in [7, 11) is 1.36. The van der Waals surface area contributed by atoms with E-state index in [9.17, 15) is 13.6 Å². The van der Waals surface area contributed by atoms with Gasteiger partial charge in [0.25, 0.3) is 5.56 Å². The molecule has 1 unspecified atom stereocenters. The molecule has 4 N–H and O–H groups in total. The number of hydrogen-bond acceptors (Lipinski definition) is 8. The Kier molecular flexibility index (Phi) is 6.75.